The number of methoxy groups -OCH3 is 1. The number of nitrogens with zero attached hydrogens (tertiary/aromatic N) is 1. The molecular formula is C15H23NO4. The normalized spacial score (nSPS) is 11.2. The molecule has 0 aromatic heterocycles. The van der Waals surface area contributed by atoms with Crippen molar-refractivity contribution in [3.05, 3.63) is 39.9 Å². The number of benzene rings is 1. The summed E-state index contributed by atoms with van der Waals surface area (Å²) in [7, 11) is 1.80. The zero-order chi connectivity index (χ0) is 15.4. The fourth-order valence-electron chi connectivity index (χ4n) is 1.60. The van der Waals surface area contributed by atoms with E-state index < -0.39 is 4.92 Å². The van der Waals surface area contributed by atoms with Crippen LogP contribution in [0.25, 0.3) is 0 Å². The first-order valence-corrected chi connectivity index (χ1v) is 6.81. The van der Waals surface area contributed by atoms with Gasteiger partial charge in [0.15, 0.2) is 0 Å². The van der Waals surface area contributed by atoms with Crippen LogP contribution < -0.4 is 0 Å². The molecule has 0 aliphatic carbocycles. The van der Waals surface area contributed by atoms with E-state index >= 15 is 0 Å². The predicted molar refractivity (Wildman–Crippen MR) is 79.1 cm³/mol. The van der Waals surface area contributed by atoms with Gasteiger partial charge in [0.25, 0.3) is 5.69 Å². The van der Waals surface area contributed by atoms with Gasteiger partial charge in [0, 0.05) is 24.8 Å². The number of nitro benzene ring substituents is 1. The van der Waals surface area contributed by atoms with E-state index in [2.05, 4.69) is 13.8 Å². The van der Waals surface area contributed by atoms with Crippen molar-refractivity contribution in [2.75, 3.05) is 7.11 Å². The second-order valence-corrected chi connectivity index (χ2v) is 4.37. The molecule has 0 unspecified atom stereocenters. The Hall–Kier alpha value is -1.75. The van der Waals surface area contributed by atoms with E-state index in [-0.39, 0.29) is 5.69 Å². The van der Waals surface area contributed by atoms with E-state index in [1.54, 1.807) is 7.11 Å². The van der Waals surface area contributed by atoms with Crippen LogP contribution in [0.5, 0.6) is 0 Å². The van der Waals surface area contributed by atoms with Crippen LogP contribution in [0.4, 0.5) is 5.69 Å². The molecule has 1 rings (SSSR count). The number of hydrogen-bond donors (Lipinski definition) is 0. The standard InChI is InChI=1S/C8H18O.C7H5NO3/c1-4-6-7-8(5-2)9-3;9-5-6-1-3-7(4-2-6)8(10)11/h8H,4-7H2,1-3H3;1-5H/t8-;/m0./s1. The van der Waals surface area contributed by atoms with E-state index in [9.17, 15) is 14.9 Å². The van der Waals surface area contributed by atoms with Gasteiger partial charge in [-0.15, -0.1) is 0 Å². The van der Waals surface area contributed by atoms with E-state index in [0.717, 1.165) is 6.42 Å². The van der Waals surface area contributed by atoms with Gasteiger partial charge in [-0.05, 0) is 25.0 Å². The third-order valence-corrected chi connectivity index (χ3v) is 2.91. The van der Waals surface area contributed by atoms with Crippen LogP contribution in [0.1, 0.15) is 49.9 Å². The van der Waals surface area contributed by atoms with Crippen LogP contribution >= 0.6 is 0 Å². The fraction of sp³-hybridized carbons (Fsp3) is 0.533. The molecule has 112 valence electrons. The van der Waals surface area contributed by atoms with E-state index in [4.69, 9.17) is 4.74 Å². The van der Waals surface area contributed by atoms with E-state index in [1.165, 1.54) is 43.5 Å². The van der Waals surface area contributed by atoms with Crippen LogP contribution in [-0.2, 0) is 4.74 Å². The predicted octanol–water partition coefficient (Wildman–Crippen LogP) is 4.01. The molecule has 0 heterocycles. The maximum absolute atomic E-state index is 10.1. The monoisotopic (exact) mass is 281 g/mol. The van der Waals surface area contributed by atoms with Gasteiger partial charge in [-0.1, -0.05) is 26.7 Å². The van der Waals surface area contributed by atoms with Gasteiger partial charge in [-0.25, -0.2) is 0 Å². The summed E-state index contributed by atoms with van der Waals surface area (Å²) in [5.74, 6) is 0. The van der Waals surface area contributed by atoms with Crippen LogP contribution in [-0.4, -0.2) is 24.4 Å². The summed E-state index contributed by atoms with van der Waals surface area (Å²) in [6.45, 7) is 4.38. The fourth-order valence-corrected chi connectivity index (χ4v) is 1.60. The first kappa shape index (κ1) is 18.2. The Labute approximate surface area is 120 Å². The second kappa shape index (κ2) is 11.1. The lowest BCUT2D eigenvalue weighted by molar-refractivity contribution is -0.384. The molecule has 0 radical (unpaired) electrons. The maximum Gasteiger partial charge on any atom is 0.269 e. The zero-order valence-corrected chi connectivity index (χ0v) is 12.4. The third kappa shape index (κ3) is 7.63. The molecule has 1 aromatic carbocycles. The van der Waals surface area contributed by atoms with Gasteiger partial charge in [0.05, 0.1) is 11.0 Å². The molecule has 0 amide bonds. The quantitative estimate of drug-likeness (QED) is 0.430. The van der Waals surface area contributed by atoms with Crippen molar-refractivity contribution in [2.45, 2.75) is 45.6 Å². The number of nitro groups is 1. The number of carbonyl (C=O) groups is 1. The van der Waals surface area contributed by atoms with Crippen molar-refractivity contribution in [1.29, 1.82) is 0 Å². The average Bonchev–Trinajstić information content (AvgIpc) is 2.49. The molecule has 0 N–H and O–H groups in total. The minimum atomic E-state index is -0.505. The minimum absolute atomic E-state index is 0.00407. The zero-order valence-electron chi connectivity index (χ0n) is 12.4. The molecule has 0 saturated heterocycles. The van der Waals surface area contributed by atoms with E-state index in [0.29, 0.717) is 18.0 Å². The average molecular weight is 281 g/mol. The first-order valence-electron chi connectivity index (χ1n) is 6.81. The highest BCUT2D eigenvalue weighted by Crippen LogP contribution is 2.10. The number of unbranched alkanes of at least 4 members (excludes halogenated alkanes) is 1. The highest BCUT2D eigenvalue weighted by atomic mass is 16.6. The van der Waals surface area contributed by atoms with Crippen molar-refractivity contribution in [3.8, 4) is 0 Å². The SMILES string of the molecule is CCCC[C@H](CC)OC.O=Cc1ccc([N+](=O)[O-])cc1. The number of hydrogen-bond acceptors (Lipinski definition) is 4. The van der Waals surface area contributed by atoms with Gasteiger partial charge in [0.1, 0.15) is 6.29 Å². The van der Waals surface area contributed by atoms with Crippen LogP contribution in [0.2, 0.25) is 0 Å². The van der Waals surface area contributed by atoms with Crippen molar-refractivity contribution >= 4 is 12.0 Å². The topological polar surface area (TPSA) is 69.4 Å². The largest absolute Gasteiger partial charge is 0.381 e. The van der Waals surface area contributed by atoms with Crippen molar-refractivity contribution < 1.29 is 14.5 Å². The van der Waals surface area contributed by atoms with Crippen LogP contribution in [0.15, 0.2) is 24.3 Å². The molecule has 5 nitrogen and oxygen atoms in total. The summed E-state index contributed by atoms with van der Waals surface area (Å²) in [5.41, 5.74) is 0.436. The summed E-state index contributed by atoms with van der Waals surface area (Å²) in [6.07, 6.45) is 6.10. The van der Waals surface area contributed by atoms with Gasteiger partial charge in [0.2, 0.25) is 0 Å². The van der Waals surface area contributed by atoms with Gasteiger partial charge in [-0.3, -0.25) is 14.9 Å². The Bertz CT molecular complexity index is 385. The lowest BCUT2D eigenvalue weighted by Gasteiger charge is -2.10. The highest BCUT2D eigenvalue weighted by molar-refractivity contribution is 5.75. The van der Waals surface area contributed by atoms with Crippen LogP contribution in [0, 0.1) is 10.1 Å². The summed E-state index contributed by atoms with van der Waals surface area (Å²) in [6, 6.07) is 5.41. The third-order valence-electron chi connectivity index (χ3n) is 2.91. The Morgan fingerprint density at radius 2 is 1.90 bits per heavy atom. The van der Waals surface area contributed by atoms with Crippen molar-refractivity contribution in [2.24, 2.45) is 0 Å². The highest BCUT2D eigenvalue weighted by Gasteiger charge is 2.02. The lowest BCUT2D eigenvalue weighted by atomic mass is 10.1. The first-order chi connectivity index (χ1) is 9.58. The summed E-state index contributed by atoms with van der Waals surface area (Å²) in [5, 5.41) is 10.1. The number of non-ortho nitro benzene ring substituents is 1. The summed E-state index contributed by atoms with van der Waals surface area (Å²) >= 11 is 0. The summed E-state index contributed by atoms with van der Waals surface area (Å²) in [4.78, 5) is 19.7. The Morgan fingerprint density at radius 1 is 1.30 bits per heavy atom. The molecule has 0 aliphatic rings. The maximum atomic E-state index is 10.1. The van der Waals surface area contributed by atoms with Gasteiger partial charge < -0.3 is 4.74 Å². The number of carbonyl (C=O) groups excluding carboxylic acids is 1. The van der Waals surface area contributed by atoms with Crippen molar-refractivity contribution in [1.82, 2.24) is 0 Å². The smallest absolute Gasteiger partial charge is 0.269 e. The Morgan fingerprint density at radius 3 is 2.25 bits per heavy atom. The molecule has 1 aromatic rings. The number of aldehydes is 1. The number of rotatable bonds is 7. The van der Waals surface area contributed by atoms with Crippen LogP contribution in [0.3, 0.4) is 0 Å². The Balaban J connectivity index is 0.000000370. The second-order valence-electron chi connectivity index (χ2n) is 4.37. The lowest BCUT2D eigenvalue weighted by Crippen LogP contribution is -2.07. The molecule has 0 fully saturated rings. The molecule has 0 spiro atoms. The van der Waals surface area contributed by atoms with E-state index in [1.807, 2.05) is 0 Å². The van der Waals surface area contributed by atoms with Crippen molar-refractivity contribution in [3.63, 3.8) is 0 Å². The minimum Gasteiger partial charge on any atom is -0.381 e. The van der Waals surface area contributed by atoms with Gasteiger partial charge >= 0.3 is 0 Å². The number of ether oxygens (including phenoxy) is 1. The Kier molecular flexibility index (Phi) is 10.1. The molecular weight excluding hydrogens is 258 g/mol. The molecule has 0 saturated carbocycles. The molecule has 0 aliphatic heterocycles. The summed E-state index contributed by atoms with van der Waals surface area (Å²) < 4.78 is 5.20. The molecule has 1 atom stereocenters. The molecule has 5 heteroatoms. The molecule has 20 heavy (non-hydrogen) atoms. The molecule has 0 bridgehead atoms. The van der Waals surface area contributed by atoms with Gasteiger partial charge in [-0.2, -0.15) is 0 Å².